The second-order valence-electron chi connectivity index (χ2n) is 7.79. The Kier molecular flexibility index (Phi) is 4.28. The molecule has 2 aliphatic rings. The van der Waals surface area contributed by atoms with Crippen molar-refractivity contribution in [3.8, 4) is 0 Å². The van der Waals surface area contributed by atoms with Crippen molar-refractivity contribution >= 4 is 12.6 Å². The largest absolute Gasteiger partial charge is 0.498 e. The summed E-state index contributed by atoms with van der Waals surface area (Å²) in [6.45, 7) is 16.0. The van der Waals surface area contributed by atoms with Crippen molar-refractivity contribution in [1.29, 1.82) is 0 Å². The molecule has 1 aromatic heterocycles. The van der Waals surface area contributed by atoms with Crippen LogP contribution in [0.15, 0.2) is 12.4 Å². The average Bonchev–Trinajstić information content (AvgIpc) is 3.17. The quantitative estimate of drug-likeness (QED) is 0.634. The van der Waals surface area contributed by atoms with E-state index in [1.807, 2.05) is 17.1 Å². The van der Waals surface area contributed by atoms with Gasteiger partial charge in [0.2, 0.25) is 6.54 Å². The zero-order valence-electron chi connectivity index (χ0n) is 14.6. The predicted octanol–water partition coefficient (Wildman–Crippen LogP) is 2.83. The maximum Gasteiger partial charge on any atom is 0.498 e. The highest BCUT2D eigenvalue weighted by atomic mass is 16.7. The molecule has 23 heavy (non-hydrogen) atoms. The Bertz CT molecular complexity index is 583. The number of aromatic nitrogens is 2. The van der Waals surface area contributed by atoms with Gasteiger partial charge in [0.25, 0.3) is 0 Å². The Morgan fingerprint density at radius 1 is 1.30 bits per heavy atom. The van der Waals surface area contributed by atoms with E-state index in [1.54, 1.807) is 0 Å². The lowest BCUT2D eigenvalue weighted by molar-refractivity contribution is 0.00578. The first kappa shape index (κ1) is 16.5. The van der Waals surface area contributed by atoms with Gasteiger partial charge in [0, 0.05) is 17.9 Å². The van der Waals surface area contributed by atoms with E-state index in [-0.39, 0.29) is 24.4 Å². The second-order valence-corrected chi connectivity index (χ2v) is 7.79. The minimum Gasteiger partial charge on any atom is -0.399 e. The van der Waals surface area contributed by atoms with Crippen LogP contribution in [0.1, 0.15) is 59.4 Å². The summed E-state index contributed by atoms with van der Waals surface area (Å²) in [5, 5.41) is 4.53. The molecule has 1 atom stereocenters. The van der Waals surface area contributed by atoms with E-state index in [0.717, 1.165) is 5.46 Å². The maximum atomic E-state index is 7.26. The van der Waals surface area contributed by atoms with Crippen LogP contribution in [0.4, 0.5) is 0 Å². The molecular weight excluding hydrogens is 289 g/mol. The fourth-order valence-corrected chi connectivity index (χ4v) is 3.52. The van der Waals surface area contributed by atoms with E-state index in [9.17, 15) is 0 Å². The third-order valence-corrected chi connectivity index (χ3v) is 5.71. The Balaban J connectivity index is 1.79. The lowest BCUT2D eigenvalue weighted by Gasteiger charge is -2.32. The Morgan fingerprint density at radius 3 is 2.48 bits per heavy atom. The topological polar surface area (TPSA) is 40.6 Å². The standard InChI is InChI=1S/C17H26BN3O2/c1-16(2)17(3,4)23-18(22-16)14-10-20-21(12-14)15(11-19-5)13-8-6-7-9-13/h10,12-13,15H,6-9,11H2,1-4H3. The van der Waals surface area contributed by atoms with E-state index in [2.05, 4.69) is 37.6 Å². The Labute approximate surface area is 139 Å². The highest BCUT2D eigenvalue weighted by Crippen LogP contribution is 2.37. The van der Waals surface area contributed by atoms with Crippen LogP contribution in [0.5, 0.6) is 0 Å². The molecule has 1 saturated heterocycles. The van der Waals surface area contributed by atoms with Gasteiger partial charge in [-0.15, -0.1) is 0 Å². The predicted molar refractivity (Wildman–Crippen MR) is 90.4 cm³/mol. The summed E-state index contributed by atoms with van der Waals surface area (Å²) in [5.41, 5.74) is 0.249. The van der Waals surface area contributed by atoms with E-state index >= 15 is 0 Å². The molecule has 0 aromatic carbocycles. The monoisotopic (exact) mass is 315 g/mol. The third-order valence-electron chi connectivity index (χ3n) is 5.71. The van der Waals surface area contributed by atoms with Crippen LogP contribution in [0.25, 0.3) is 4.85 Å². The summed E-state index contributed by atoms with van der Waals surface area (Å²) >= 11 is 0. The van der Waals surface area contributed by atoms with Crippen LogP contribution in [-0.4, -0.2) is 34.6 Å². The number of rotatable bonds is 4. The SMILES string of the molecule is [C-]#[N+]CC(C1CCCC1)n1cc(B2OC(C)(C)C(C)(C)O2)cn1. The lowest BCUT2D eigenvalue weighted by atomic mass is 9.82. The van der Waals surface area contributed by atoms with Crippen molar-refractivity contribution in [2.75, 3.05) is 6.54 Å². The van der Waals surface area contributed by atoms with Gasteiger partial charge in [-0.05, 0) is 46.5 Å². The van der Waals surface area contributed by atoms with Gasteiger partial charge in [-0.25, -0.2) is 6.57 Å². The van der Waals surface area contributed by atoms with Crippen molar-refractivity contribution in [2.24, 2.45) is 5.92 Å². The van der Waals surface area contributed by atoms with E-state index in [0.29, 0.717) is 12.5 Å². The molecule has 124 valence electrons. The normalized spacial score (nSPS) is 24.7. The summed E-state index contributed by atoms with van der Waals surface area (Å²) in [4.78, 5) is 3.64. The van der Waals surface area contributed by atoms with Crippen molar-refractivity contribution in [1.82, 2.24) is 9.78 Å². The van der Waals surface area contributed by atoms with Crippen molar-refractivity contribution in [2.45, 2.75) is 70.6 Å². The summed E-state index contributed by atoms with van der Waals surface area (Å²) in [6.07, 6.45) is 8.77. The first-order valence-corrected chi connectivity index (χ1v) is 8.57. The summed E-state index contributed by atoms with van der Waals surface area (Å²) < 4.78 is 14.2. The zero-order valence-corrected chi connectivity index (χ0v) is 14.6. The first-order chi connectivity index (χ1) is 10.8. The third kappa shape index (κ3) is 3.05. The average molecular weight is 315 g/mol. The van der Waals surface area contributed by atoms with Crippen LogP contribution < -0.4 is 5.46 Å². The van der Waals surface area contributed by atoms with E-state index < -0.39 is 0 Å². The van der Waals surface area contributed by atoms with Crippen LogP contribution >= 0.6 is 0 Å². The number of hydrogen-bond acceptors (Lipinski definition) is 3. The summed E-state index contributed by atoms with van der Waals surface area (Å²) in [5.74, 6) is 0.565. The van der Waals surface area contributed by atoms with Crippen LogP contribution in [0, 0.1) is 12.5 Å². The van der Waals surface area contributed by atoms with Crippen molar-refractivity contribution < 1.29 is 9.31 Å². The summed E-state index contributed by atoms with van der Waals surface area (Å²) in [7, 11) is -0.383. The Hall–Kier alpha value is -1.32. The van der Waals surface area contributed by atoms with Crippen LogP contribution in [-0.2, 0) is 9.31 Å². The maximum absolute atomic E-state index is 7.26. The molecule has 2 fully saturated rings. The second kappa shape index (κ2) is 5.96. The van der Waals surface area contributed by atoms with Gasteiger partial charge in [0.1, 0.15) is 6.04 Å². The molecule has 2 heterocycles. The molecule has 0 N–H and O–H groups in total. The van der Waals surface area contributed by atoms with Gasteiger partial charge in [-0.2, -0.15) is 5.10 Å². The van der Waals surface area contributed by atoms with Gasteiger partial charge in [-0.1, -0.05) is 12.8 Å². The molecule has 6 heteroatoms. The molecule has 1 unspecified atom stereocenters. The molecule has 1 saturated carbocycles. The van der Waals surface area contributed by atoms with Crippen LogP contribution in [0.3, 0.4) is 0 Å². The highest BCUT2D eigenvalue weighted by molar-refractivity contribution is 6.62. The molecule has 0 bridgehead atoms. The molecule has 0 spiro atoms. The molecule has 1 aliphatic heterocycles. The highest BCUT2D eigenvalue weighted by Gasteiger charge is 2.52. The lowest BCUT2D eigenvalue weighted by Crippen LogP contribution is -2.41. The molecule has 5 nitrogen and oxygen atoms in total. The van der Waals surface area contributed by atoms with Gasteiger partial charge in [0.15, 0.2) is 0 Å². The molecule has 3 rings (SSSR count). The van der Waals surface area contributed by atoms with Crippen molar-refractivity contribution in [3.05, 3.63) is 23.8 Å². The molecule has 0 radical (unpaired) electrons. The smallest absolute Gasteiger partial charge is 0.399 e. The van der Waals surface area contributed by atoms with Crippen LogP contribution in [0.2, 0.25) is 0 Å². The van der Waals surface area contributed by atoms with E-state index in [1.165, 1.54) is 25.7 Å². The zero-order chi connectivity index (χ0) is 16.7. The Morgan fingerprint density at radius 2 is 1.91 bits per heavy atom. The fraction of sp³-hybridized carbons (Fsp3) is 0.765. The minimum absolute atomic E-state index is 0.172. The van der Waals surface area contributed by atoms with Gasteiger partial charge >= 0.3 is 7.12 Å². The first-order valence-electron chi connectivity index (χ1n) is 8.57. The molecule has 0 amide bonds. The number of hydrogen-bond donors (Lipinski definition) is 0. The molecule has 1 aliphatic carbocycles. The fourth-order valence-electron chi connectivity index (χ4n) is 3.52. The molecule has 1 aromatic rings. The van der Waals surface area contributed by atoms with Gasteiger partial charge in [0.05, 0.1) is 11.2 Å². The van der Waals surface area contributed by atoms with Gasteiger partial charge in [-0.3, -0.25) is 4.68 Å². The number of nitrogens with zero attached hydrogens (tertiary/aromatic N) is 3. The molecular formula is C17H26BN3O2. The van der Waals surface area contributed by atoms with E-state index in [4.69, 9.17) is 15.9 Å². The summed E-state index contributed by atoms with van der Waals surface area (Å²) in [6, 6.07) is 0.172. The van der Waals surface area contributed by atoms with Crippen molar-refractivity contribution in [3.63, 3.8) is 0 Å². The van der Waals surface area contributed by atoms with Gasteiger partial charge < -0.3 is 14.2 Å². The minimum atomic E-state index is -0.383.